The van der Waals surface area contributed by atoms with Gasteiger partial charge in [0, 0.05) is 18.4 Å². The van der Waals surface area contributed by atoms with E-state index in [2.05, 4.69) is 9.30 Å². The molecule has 15 heavy (non-hydrogen) atoms. The highest BCUT2D eigenvalue weighted by Gasteiger charge is 2.14. The van der Waals surface area contributed by atoms with Crippen LogP contribution in [0.25, 0.3) is 0 Å². The second-order valence-electron chi connectivity index (χ2n) is 3.36. The lowest BCUT2D eigenvalue weighted by atomic mass is 10.1. The molecular weight excluding hydrogens is 190 g/mol. The maximum absolute atomic E-state index is 11.2. The van der Waals surface area contributed by atoms with E-state index in [9.17, 15) is 4.79 Å². The van der Waals surface area contributed by atoms with Gasteiger partial charge in [-0.15, -0.1) is 0 Å². The average molecular weight is 209 g/mol. The number of hydrogen-bond acceptors (Lipinski definition) is 2. The van der Waals surface area contributed by atoms with Gasteiger partial charge in [0.1, 0.15) is 0 Å². The lowest BCUT2D eigenvalue weighted by molar-refractivity contribution is 0.0600. The minimum absolute atomic E-state index is 0.234. The number of fused-ring (bicyclic) bond motifs is 1. The zero-order valence-corrected chi connectivity index (χ0v) is 9.75. The molecule has 0 saturated carbocycles. The van der Waals surface area contributed by atoms with Crippen LogP contribution in [-0.2, 0) is 17.7 Å². The van der Waals surface area contributed by atoms with Gasteiger partial charge < -0.3 is 9.30 Å². The Hall–Kier alpha value is -1.25. The van der Waals surface area contributed by atoms with Gasteiger partial charge in [0.15, 0.2) is 0 Å². The summed E-state index contributed by atoms with van der Waals surface area (Å²) in [4.78, 5) is 11.2. The monoisotopic (exact) mass is 209 g/mol. The molecule has 0 unspecified atom stereocenters. The normalized spacial score (nSPS) is 13.5. The molecule has 1 aromatic heterocycles. The van der Waals surface area contributed by atoms with E-state index in [-0.39, 0.29) is 5.97 Å². The van der Waals surface area contributed by atoms with Gasteiger partial charge in [-0.3, -0.25) is 0 Å². The van der Waals surface area contributed by atoms with Crippen LogP contribution in [0.2, 0.25) is 0 Å². The van der Waals surface area contributed by atoms with E-state index >= 15 is 0 Å². The standard InChI is InChI=1S/C10H13NO2.C2H6/c1-13-10(12)8-6-9-4-2-3-5-11(9)7-8;1-2/h6-7H,2-5H2,1H3;1-2H3. The van der Waals surface area contributed by atoms with Crippen LogP contribution in [0.3, 0.4) is 0 Å². The zero-order valence-electron chi connectivity index (χ0n) is 9.75. The van der Waals surface area contributed by atoms with E-state index in [1.807, 2.05) is 26.1 Å². The van der Waals surface area contributed by atoms with Crippen LogP contribution in [0.5, 0.6) is 0 Å². The predicted molar refractivity (Wildman–Crippen MR) is 60.1 cm³/mol. The number of ether oxygens (including phenoxy) is 1. The summed E-state index contributed by atoms with van der Waals surface area (Å²) in [5, 5.41) is 0. The smallest absolute Gasteiger partial charge is 0.339 e. The molecule has 0 bridgehead atoms. The maximum Gasteiger partial charge on any atom is 0.339 e. The number of aromatic nitrogens is 1. The molecule has 0 spiro atoms. The summed E-state index contributed by atoms with van der Waals surface area (Å²) in [7, 11) is 1.42. The maximum atomic E-state index is 11.2. The van der Waals surface area contributed by atoms with E-state index in [4.69, 9.17) is 0 Å². The van der Waals surface area contributed by atoms with Gasteiger partial charge in [0.05, 0.1) is 12.7 Å². The molecule has 0 amide bonds. The minimum Gasteiger partial charge on any atom is -0.465 e. The Morgan fingerprint density at radius 3 is 2.73 bits per heavy atom. The highest BCUT2D eigenvalue weighted by molar-refractivity contribution is 5.89. The third-order valence-electron chi connectivity index (χ3n) is 2.49. The number of aryl methyl sites for hydroxylation is 2. The van der Waals surface area contributed by atoms with E-state index in [1.165, 1.54) is 25.6 Å². The van der Waals surface area contributed by atoms with Crippen LogP contribution >= 0.6 is 0 Å². The van der Waals surface area contributed by atoms with Gasteiger partial charge in [0.2, 0.25) is 0 Å². The summed E-state index contributed by atoms with van der Waals surface area (Å²) < 4.78 is 6.81. The molecule has 1 aliphatic heterocycles. The van der Waals surface area contributed by atoms with Gasteiger partial charge in [-0.2, -0.15) is 0 Å². The van der Waals surface area contributed by atoms with Crippen molar-refractivity contribution in [1.29, 1.82) is 0 Å². The van der Waals surface area contributed by atoms with Gasteiger partial charge in [0.25, 0.3) is 0 Å². The molecule has 0 N–H and O–H groups in total. The fourth-order valence-electron chi connectivity index (χ4n) is 1.79. The molecule has 84 valence electrons. The summed E-state index contributed by atoms with van der Waals surface area (Å²) in [5.74, 6) is -0.234. The van der Waals surface area contributed by atoms with Gasteiger partial charge >= 0.3 is 5.97 Å². The number of esters is 1. The Balaban J connectivity index is 0.000000531. The van der Waals surface area contributed by atoms with E-state index < -0.39 is 0 Å². The molecule has 0 saturated heterocycles. The molecule has 3 nitrogen and oxygen atoms in total. The van der Waals surface area contributed by atoms with E-state index in [1.54, 1.807) is 0 Å². The first-order chi connectivity index (χ1) is 7.31. The van der Waals surface area contributed by atoms with Crippen LogP contribution in [0.15, 0.2) is 12.3 Å². The number of rotatable bonds is 1. The second kappa shape index (κ2) is 5.59. The summed E-state index contributed by atoms with van der Waals surface area (Å²) in [5.41, 5.74) is 1.94. The molecule has 0 aromatic carbocycles. The lowest BCUT2D eigenvalue weighted by Gasteiger charge is -2.13. The summed E-state index contributed by atoms with van der Waals surface area (Å²) in [6.07, 6.45) is 5.41. The van der Waals surface area contributed by atoms with Crippen molar-refractivity contribution >= 4 is 5.97 Å². The van der Waals surface area contributed by atoms with Crippen molar-refractivity contribution in [2.45, 2.75) is 39.7 Å². The van der Waals surface area contributed by atoms with Gasteiger partial charge in [-0.05, 0) is 25.3 Å². The van der Waals surface area contributed by atoms with Crippen LogP contribution in [0.4, 0.5) is 0 Å². The fraction of sp³-hybridized carbons (Fsp3) is 0.583. The number of hydrogen-bond donors (Lipinski definition) is 0. The molecule has 0 radical (unpaired) electrons. The van der Waals surface area contributed by atoms with E-state index in [0.717, 1.165) is 13.0 Å². The van der Waals surface area contributed by atoms with Crippen molar-refractivity contribution in [3.05, 3.63) is 23.5 Å². The molecule has 2 rings (SSSR count). The summed E-state index contributed by atoms with van der Waals surface area (Å²) in [6, 6.07) is 1.94. The third kappa shape index (κ3) is 2.61. The Bertz CT molecular complexity index is 305. The number of methoxy groups -OCH3 is 1. The van der Waals surface area contributed by atoms with Crippen molar-refractivity contribution in [2.75, 3.05) is 7.11 Å². The molecule has 0 atom stereocenters. The fourth-order valence-corrected chi connectivity index (χ4v) is 1.79. The van der Waals surface area contributed by atoms with Crippen molar-refractivity contribution in [1.82, 2.24) is 4.57 Å². The first-order valence-corrected chi connectivity index (χ1v) is 5.58. The minimum atomic E-state index is -0.234. The van der Waals surface area contributed by atoms with Gasteiger partial charge in [-0.1, -0.05) is 13.8 Å². The average Bonchev–Trinajstić information content (AvgIpc) is 2.74. The molecular formula is C12H19NO2. The predicted octanol–water partition coefficient (Wildman–Crippen LogP) is 2.64. The SMILES string of the molecule is CC.COC(=O)c1cc2n(c1)CCCC2. The van der Waals surface area contributed by atoms with Gasteiger partial charge in [-0.25, -0.2) is 4.79 Å². The Kier molecular flexibility index (Phi) is 4.40. The summed E-state index contributed by atoms with van der Waals surface area (Å²) >= 11 is 0. The molecule has 3 heteroatoms. The molecule has 1 aromatic rings. The van der Waals surface area contributed by atoms with E-state index in [0.29, 0.717) is 5.56 Å². The molecule has 1 aliphatic rings. The molecule has 2 heterocycles. The zero-order chi connectivity index (χ0) is 11.3. The first-order valence-electron chi connectivity index (χ1n) is 5.58. The topological polar surface area (TPSA) is 31.2 Å². The second-order valence-corrected chi connectivity index (χ2v) is 3.36. The van der Waals surface area contributed by atoms with Crippen LogP contribution < -0.4 is 0 Å². The van der Waals surface area contributed by atoms with Crippen LogP contribution in [0, 0.1) is 0 Å². The Morgan fingerprint density at radius 2 is 2.13 bits per heavy atom. The Morgan fingerprint density at radius 1 is 1.40 bits per heavy atom. The highest BCUT2D eigenvalue weighted by Crippen LogP contribution is 2.18. The number of carbonyl (C=O) groups is 1. The van der Waals surface area contributed by atoms with Crippen LogP contribution in [0.1, 0.15) is 42.7 Å². The van der Waals surface area contributed by atoms with Crippen molar-refractivity contribution < 1.29 is 9.53 Å². The number of carbonyl (C=O) groups excluding carboxylic acids is 1. The highest BCUT2D eigenvalue weighted by atomic mass is 16.5. The third-order valence-corrected chi connectivity index (χ3v) is 2.49. The molecule has 0 aliphatic carbocycles. The largest absolute Gasteiger partial charge is 0.465 e. The lowest BCUT2D eigenvalue weighted by Crippen LogP contribution is -2.07. The Labute approximate surface area is 91.0 Å². The van der Waals surface area contributed by atoms with Crippen molar-refractivity contribution in [3.8, 4) is 0 Å². The first kappa shape index (κ1) is 11.8. The quantitative estimate of drug-likeness (QED) is 0.666. The summed E-state index contributed by atoms with van der Waals surface area (Å²) in [6.45, 7) is 5.03. The molecule has 0 fully saturated rings. The van der Waals surface area contributed by atoms with Crippen molar-refractivity contribution in [2.24, 2.45) is 0 Å². The van der Waals surface area contributed by atoms with Crippen LogP contribution in [-0.4, -0.2) is 17.6 Å². The number of nitrogens with zero attached hydrogens (tertiary/aromatic N) is 1. The van der Waals surface area contributed by atoms with Crippen molar-refractivity contribution in [3.63, 3.8) is 0 Å².